The summed E-state index contributed by atoms with van der Waals surface area (Å²) in [5.74, 6) is -0.0656. The Bertz CT molecular complexity index is 633. The van der Waals surface area contributed by atoms with Gasteiger partial charge in [-0.05, 0) is 25.1 Å². The number of aryl methyl sites for hydroxylation is 1. The van der Waals surface area contributed by atoms with Crippen molar-refractivity contribution in [3.05, 3.63) is 58.1 Å². The monoisotopic (exact) mass is 368 g/mol. The smallest absolute Gasteiger partial charge is 0.337 e. The number of rotatable bonds is 3. The van der Waals surface area contributed by atoms with E-state index in [1.807, 2.05) is 24.0 Å². The summed E-state index contributed by atoms with van der Waals surface area (Å²) in [6, 6.07) is 7.30. The maximum Gasteiger partial charge on any atom is 0.337 e. The molecule has 1 aromatic carbocycles. The standard InChI is InChI=1S/C9H10O2.C8H15ClN4O/c1-7-4-3-5-8(6-7)9(10)11-2;9-7(10)5-6(8(11)12)13-1-3-14-4-2-13/h3-6H,1-2H3;5H,1-4,10-12H2/b;7-5-. The lowest BCUT2D eigenvalue weighted by molar-refractivity contribution is 0.0548. The predicted octanol–water partition coefficient (Wildman–Crippen LogP) is 1.23. The van der Waals surface area contributed by atoms with Crippen molar-refractivity contribution in [2.75, 3.05) is 33.4 Å². The summed E-state index contributed by atoms with van der Waals surface area (Å²) in [6.45, 7) is 4.74. The van der Waals surface area contributed by atoms with Crippen molar-refractivity contribution < 1.29 is 14.3 Å². The SMILES string of the molecule is COC(=O)c1cccc(C)c1.NC(N)=C(/C=C(\N)Cl)N1CCOCC1. The highest BCUT2D eigenvalue weighted by Gasteiger charge is 2.14. The minimum Gasteiger partial charge on any atom is -0.465 e. The molecule has 1 aliphatic rings. The van der Waals surface area contributed by atoms with Crippen molar-refractivity contribution in [1.82, 2.24) is 4.90 Å². The molecule has 0 radical (unpaired) electrons. The number of halogens is 1. The fraction of sp³-hybridized carbons (Fsp3) is 0.353. The molecule has 6 N–H and O–H groups in total. The van der Waals surface area contributed by atoms with Gasteiger partial charge in [-0.25, -0.2) is 4.79 Å². The molecule has 0 atom stereocenters. The van der Waals surface area contributed by atoms with E-state index in [0.717, 1.165) is 18.7 Å². The van der Waals surface area contributed by atoms with Crippen LogP contribution in [-0.4, -0.2) is 44.3 Å². The fourth-order valence-corrected chi connectivity index (χ4v) is 2.29. The Morgan fingerprint density at radius 1 is 1.28 bits per heavy atom. The van der Waals surface area contributed by atoms with Crippen LogP contribution in [0.15, 0.2) is 47.0 Å². The number of hydrogen-bond donors (Lipinski definition) is 3. The summed E-state index contributed by atoms with van der Waals surface area (Å²) in [4.78, 5) is 12.9. The normalized spacial score (nSPS) is 14.2. The number of esters is 1. The average Bonchev–Trinajstić information content (AvgIpc) is 2.60. The number of morpholine rings is 1. The zero-order valence-electron chi connectivity index (χ0n) is 14.5. The molecule has 2 rings (SSSR count). The molecule has 0 amide bonds. The minimum atomic E-state index is -0.284. The quantitative estimate of drug-likeness (QED) is 0.417. The van der Waals surface area contributed by atoms with E-state index in [1.165, 1.54) is 7.11 Å². The van der Waals surface area contributed by atoms with Gasteiger partial charge in [0, 0.05) is 13.1 Å². The maximum atomic E-state index is 10.9. The molecule has 7 nitrogen and oxygen atoms in total. The molecule has 8 heteroatoms. The molecule has 0 bridgehead atoms. The Labute approximate surface area is 153 Å². The third-order valence-electron chi connectivity index (χ3n) is 3.36. The van der Waals surface area contributed by atoms with E-state index < -0.39 is 0 Å². The van der Waals surface area contributed by atoms with Gasteiger partial charge in [0.25, 0.3) is 0 Å². The summed E-state index contributed by atoms with van der Waals surface area (Å²) in [6.07, 6.45) is 1.56. The van der Waals surface area contributed by atoms with E-state index in [9.17, 15) is 4.79 Å². The summed E-state index contributed by atoms with van der Waals surface area (Å²) in [5, 5.41) is 0.167. The number of allylic oxidation sites excluding steroid dienone is 1. The van der Waals surface area contributed by atoms with E-state index in [1.54, 1.807) is 18.2 Å². The zero-order valence-corrected chi connectivity index (χ0v) is 15.3. The molecule has 138 valence electrons. The number of benzene rings is 1. The van der Waals surface area contributed by atoms with Crippen LogP contribution in [0.25, 0.3) is 0 Å². The van der Waals surface area contributed by atoms with Gasteiger partial charge in [-0.1, -0.05) is 29.3 Å². The number of nitrogens with two attached hydrogens (primary N) is 3. The predicted molar refractivity (Wildman–Crippen MR) is 98.4 cm³/mol. The molecular formula is C17H25ClN4O3. The Kier molecular flexibility index (Phi) is 8.66. The molecular weight excluding hydrogens is 344 g/mol. The van der Waals surface area contributed by atoms with Gasteiger partial charge < -0.3 is 31.6 Å². The Hall–Kier alpha value is -2.38. The van der Waals surface area contributed by atoms with E-state index in [4.69, 9.17) is 33.5 Å². The number of methoxy groups -OCH3 is 1. The molecule has 0 aromatic heterocycles. The number of ether oxygens (including phenoxy) is 2. The summed E-state index contributed by atoms with van der Waals surface area (Å²) in [7, 11) is 1.38. The van der Waals surface area contributed by atoms with Crippen LogP contribution in [0.3, 0.4) is 0 Å². The highest BCUT2D eigenvalue weighted by molar-refractivity contribution is 6.29. The second-order valence-electron chi connectivity index (χ2n) is 5.33. The summed E-state index contributed by atoms with van der Waals surface area (Å²) in [5.41, 5.74) is 18.8. The van der Waals surface area contributed by atoms with Crippen LogP contribution in [0.2, 0.25) is 0 Å². The van der Waals surface area contributed by atoms with Gasteiger partial charge >= 0.3 is 5.97 Å². The molecule has 25 heavy (non-hydrogen) atoms. The van der Waals surface area contributed by atoms with Gasteiger partial charge in [-0.15, -0.1) is 0 Å². The van der Waals surface area contributed by atoms with Crippen LogP contribution in [0.5, 0.6) is 0 Å². The largest absolute Gasteiger partial charge is 0.465 e. The lowest BCUT2D eigenvalue weighted by Gasteiger charge is -2.30. The third-order valence-corrected chi connectivity index (χ3v) is 3.47. The third kappa shape index (κ3) is 7.36. The second-order valence-corrected chi connectivity index (χ2v) is 5.77. The Morgan fingerprint density at radius 3 is 2.40 bits per heavy atom. The average molecular weight is 369 g/mol. The van der Waals surface area contributed by atoms with E-state index in [0.29, 0.717) is 24.5 Å². The van der Waals surface area contributed by atoms with Crippen molar-refractivity contribution in [3.63, 3.8) is 0 Å². The highest BCUT2D eigenvalue weighted by Crippen LogP contribution is 2.11. The number of carbonyl (C=O) groups is 1. The molecule has 0 aliphatic carbocycles. The molecule has 1 aromatic rings. The molecule has 0 unspecified atom stereocenters. The van der Waals surface area contributed by atoms with Gasteiger partial charge in [-0.2, -0.15) is 0 Å². The highest BCUT2D eigenvalue weighted by atomic mass is 35.5. The van der Waals surface area contributed by atoms with E-state index in [-0.39, 0.29) is 16.9 Å². The van der Waals surface area contributed by atoms with Crippen LogP contribution in [-0.2, 0) is 9.47 Å². The summed E-state index contributed by atoms with van der Waals surface area (Å²) < 4.78 is 9.76. The van der Waals surface area contributed by atoms with Gasteiger partial charge in [0.15, 0.2) is 0 Å². The lowest BCUT2D eigenvalue weighted by Crippen LogP contribution is -2.37. The molecule has 1 fully saturated rings. The van der Waals surface area contributed by atoms with Crippen molar-refractivity contribution in [3.8, 4) is 0 Å². The van der Waals surface area contributed by atoms with Crippen LogP contribution < -0.4 is 17.2 Å². The summed E-state index contributed by atoms with van der Waals surface area (Å²) >= 11 is 5.57. The topological polar surface area (TPSA) is 117 Å². The number of hydrogen-bond acceptors (Lipinski definition) is 7. The van der Waals surface area contributed by atoms with Crippen LogP contribution in [0, 0.1) is 6.92 Å². The molecule has 1 heterocycles. The van der Waals surface area contributed by atoms with Crippen molar-refractivity contribution in [1.29, 1.82) is 0 Å². The Balaban J connectivity index is 0.000000257. The number of carbonyl (C=O) groups excluding carboxylic acids is 1. The van der Waals surface area contributed by atoms with E-state index in [2.05, 4.69) is 4.74 Å². The first-order chi connectivity index (χ1) is 11.8. The lowest BCUT2D eigenvalue weighted by atomic mass is 10.1. The molecule has 1 saturated heterocycles. The first kappa shape index (κ1) is 20.7. The van der Waals surface area contributed by atoms with Gasteiger partial charge in [0.2, 0.25) is 0 Å². The van der Waals surface area contributed by atoms with Crippen LogP contribution >= 0.6 is 11.6 Å². The van der Waals surface area contributed by atoms with Crippen LogP contribution in [0.1, 0.15) is 15.9 Å². The fourth-order valence-electron chi connectivity index (χ4n) is 2.18. The maximum absolute atomic E-state index is 10.9. The van der Waals surface area contributed by atoms with E-state index >= 15 is 0 Å². The second kappa shape index (κ2) is 10.5. The minimum absolute atomic E-state index is 0.167. The Morgan fingerprint density at radius 2 is 1.92 bits per heavy atom. The molecule has 0 saturated carbocycles. The van der Waals surface area contributed by atoms with Crippen molar-refractivity contribution in [2.45, 2.75) is 6.92 Å². The van der Waals surface area contributed by atoms with Crippen molar-refractivity contribution in [2.24, 2.45) is 17.2 Å². The molecule has 0 spiro atoms. The first-order valence-electron chi connectivity index (χ1n) is 7.70. The van der Waals surface area contributed by atoms with Gasteiger partial charge in [-0.3, -0.25) is 0 Å². The van der Waals surface area contributed by atoms with Gasteiger partial charge in [0.1, 0.15) is 11.0 Å². The van der Waals surface area contributed by atoms with Gasteiger partial charge in [0.05, 0.1) is 31.6 Å². The van der Waals surface area contributed by atoms with Crippen molar-refractivity contribution >= 4 is 17.6 Å². The molecule has 1 aliphatic heterocycles. The van der Waals surface area contributed by atoms with Crippen LogP contribution in [0.4, 0.5) is 0 Å². The first-order valence-corrected chi connectivity index (χ1v) is 8.08. The zero-order chi connectivity index (χ0) is 18.8. The number of nitrogens with zero attached hydrogens (tertiary/aromatic N) is 1.